The molecular formula is C16H19F3N2O3. The molecule has 1 heterocycles. The first-order valence-electron chi connectivity index (χ1n) is 7.65. The Kier molecular flexibility index (Phi) is 6.19. The van der Waals surface area contributed by atoms with Crippen LogP contribution in [0.3, 0.4) is 0 Å². The van der Waals surface area contributed by atoms with Crippen LogP contribution in [0.5, 0.6) is 0 Å². The van der Waals surface area contributed by atoms with Crippen LogP contribution in [-0.2, 0) is 20.7 Å². The summed E-state index contributed by atoms with van der Waals surface area (Å²) in [6.07, 6.45) is -3.27. The number of carbonyl (C=O) groups is 2. The molecule has 1 aromatic rings. The molecule has 0 saturated heterocycles. The van der Waals surface area contributed by atoms with Gasteiger partial charge in [0.25, 0.3) is 0 Å². The summed E-state index contributed by atoms with van der Waals surface area (Å²) < 4.78 is 40.0. The molecule has 2 N–H and O–H groups in total. The number of para-hydroxylation sites is 1. The Bertz CT molecular complexity index is 590. The van der Waals surface area contributed by atoms with Gasteiger partial charge in [0.1, 0.15) is 6.61 Å². The van der Waals surface area contributed by atoms with E-state index >= 15 is 0 Å². The molecule has 2 amide bonds. The van der Waals surface area contributed by atoms with Crippen molar-refractivity contribution in [3.63, 3.8) is 0 Å². The molecule has 0 spiro atoms. The van der Waals surface area contributed by atoms with Gasteiger partial charge in [0.15, 0.2) is 0 Å². The van der Waals surface area contributed by atoms with Crippen LogP contribution in [-0.4, -0.2) is 37.7 Å². The van der Waals surface area contributed by atoms with Crippen molar-refractivity contribution in [2.24, 2.45) is 5.92 Å². The third-order valence-electron chi connectivity index (χ3n) is 3.67. The fourth-order valence-corrected chi connectivity index (χ4v) is 2.49. The van der Waals surface area contributed by atoms with Gasteiger partial charge in [-0.1, -0.05) is 18.2 Å². The second-order valence-corrected chi connectivity index (χ2v) is 5.60. The highest BCUT2D eigenvalue weighted by atomic mass is 19.4. The van der Waals surface area contributed by atoms with Gasteiger partial charge in [0.2, 0.25) is 11.8 Å². The highest BCUT2D eigenvalue weighted by Gasteiger charge is 2.27. The summed E-state index contributed by atoms with van der Waals surface area (Å²) in [6.45, 7) is -1.53. The Balaban J connectivity index is 1.66. The number of halogens is 3. The van der Waals surface area contributed by atoms with E-state index in [-0.39, 0.29) is 37.3 Å². The summed E-state index contributed by atoms with van der Waals surface area (Å²) in [5, 5.41) is 5.29. The van der Waals surface area contributed by atoms with Gasteiger partial charge in [-0.15, -0.1) is 0 Å². The molecule has 1 aliphatic rings. The van der Waals surface area contributed by atoms with E-state index in [1.54, 1.807) is 0 Å². The Labute approximate surface area is 137 Å². The molecule has 1 unspecified atom stereocenters. The molecule has 1 aromatic carbocycles. The molecule has 132 valence electrons. The third kappa shape index (κ3) is 5.84. The number of hydrogen-bond donors (Lipinski definition) is 2. The van der Waals surface area contributed by atoms with E-state index in [9.17, 15) is 22.8 Å². The standard InChI is InChI=1S/C16H19F3N2O3/c17-16(18,19)10-24-8-7-20-14(22)6-5-12-9-11-3-1-2-4-13(11)21-15(12)23/h1-4,12H,5-10H2,(H,20,22)(H,21,23). The summed E-state index contributed by atoms with van der Waals surface area (Å²) in [5.74, 6) is -0.709. The molecule has 5 nitrogen and oxygen atoms in total. The summed E-state index contributed by atoms with van der Waals surface area (Å²) in [7, 11) is 0. The van der Waals surface area contributed by atoms with E-state index in [0.717, 1.165) is 11.3 Å². The lowest BCUT2D eigenvalue weighted by atomic mass is 9.89. The van der Waals surface area contributed by atoms with Crippen LogP contribution < -0.4 is 10.6 Å². The van der Waals surface area contributed by atoms with Gasteiger partial charge in [-0.2, -0.15) is 13.2 Å². The molecule has 0 aromatic heterocycles. The van der Waals surface area contributed by atoms with Crippen molar-refractivity contribution < 1.29 is 27.5 Å². The van der Waals surface area contributed by atoms with Gasteiger partial charge >= 0.3 is 6.18 Å². The largest absolute Gasteiger partial charge is 0.411 e. The number of alkyl halides is 3. The van der Waals surface area contributed by atoms with Crippen molar-refractivity contribution in [3.05, 3.63) is 29.8 Å². The number of hydrogen-bond acceptors (Lipinski definition) is 3. The van der Waals surface area contributed by atoms with Gasteiger partial charge in [0.05, 0.1) is 6.61 Å². The lowest BCUT2D eigenvalue weighted by molar-refractivity contribution is -0.173. The minimum Gasteiger partial charge on any atom is -0.370 e. The number of nitrogens with one attached hydrogen (secondary N) is 2. The average molecular weight is 344 g/mol. The summed E-state index contributed by atoms with van der Waals surface area (Å²) in [5.41, 5.74) is 1.83. The normalized spacial score (nSPS) is 17.1. The molecule has 0 bridgehead atoms. The maximum atomic E-state index is 12.0. The van der Waals surface area contributed by atoms with Crippen LogP contribution in [0.2, 0.25) is 0 Å². The highest BCUT2D eigenvalue weighted by Crippen LogP contribution is 2.27. The fraction of sp³-hybridized carbons (Fsp3) is 0.500. The van der Waals surface area contributed by atoms with E-state index in [0.29, 0.717) is 12.8 Å². The number of ether oxygens (including phenoxy) is 1. The van der Waals surface area contributed by atoms with Crippen molar-refractivity contribution in [1.29, 1.82) is 0 Å². The molecule has 1 aliphatic heterocycles. The van der Waals surface area contributed by atoms with Gasteiger partial charge in [-0.3, -0.25) is 9.59 Å². The van der Waals surface area contributed by atoms with Crippen molar-refractivity contribution in [2.45, 2.75) is 25.4 Å². The third-order valence-corrected chi connectivity index (χ3v) is 3.67. The van der Waals surface area contributed by atoms with Gasteiger partial charge in [-0.05, 0) is 24.5 Å². The maximum Gasteiger partial charge on any atom is 0.411 e. The molecule has 8 heteroatoms. The zero-order valence-corrected chi connectivity index (χ0v) is 13.0. The molecule has 0 saturated carbocycles. The van der Waals surface area contributed by atoms with E-state index in [1.807, 2.05) is 24.3 Å². The van der Waals surface area contributed by atoms with E-state index in [4.69, 9.17) is 0 Å². The summed E-state index contributed by atoms with van der Waals surface area (Å²) in [6, 6.07) is 7.49. The predicted molar refractivity (Wildman–Crippen MR) is 81.4 cm³/mol. The van der Waals surface area contributed by atoms with Crippen LogP contribution in [0.15, 0.2) is 24.3 Å². The zero-order chi connectivity index (χ0) is 17.6. The van der Waals surface area contributed by atoms with Crippen LogP contribution in [0.25, 0.3) is 0 Å². The van der Waals surface area contributed by atoms with Gasteiger partial charge in [0, 0.05) is 24.6 Å². The minimum atomic E-state index is -4.37. The van der Waals surface area contributed by atoms with Crippen LogP contribution in [0.4, 0.5) is 18.9 Å². The van der Waals surface area contributed by atoms with Crippen molar-refractivity contribution in [2.75, 3.05) is 25.1 Å². The Hall–Kier alpha value is -2.09. The van der Waals surface area contributed by atoms with Crippen LogP contribution >= 0.6 is 0 Å². The number of fused-ring (bicyclic) bond motifs is 1. The smallest absolute Gasteiger partial charge is 0.370 e. The van der Waals surface area contributed by atoms with E-state index in [2.05, 4.69) is 15.4 Å². The predicted octanol–water partition coefficient (Wildman–Crippen LogP) is 2.27. The highest BCUT2D eigenvalue weighted by molar-refractivity contribution is 5.96. The second-order valence-electron chi connectivity index (χ2n) is 5.60. The molecule has 1 atom stereocenters. The number of benzene rings is 1. The molecule has 2 rings (SSSR count). The number of rotatable bonds is 7. The van der Waals surface area contributed by atoms with E-state index in [1.165, 1.54) is 0 Å². The molecule has 0 aliphatic carbocycles. The van der Waals surface area contributed by atoms with Crippen molar-refractivity contribution in [1.82, 2.24) is 5.32 Å². The van der Waals surface area contributed by atoms with Crippen LogP contribution in [0.1, 0.15) is 18.4 Å². The summed E-state index contributed by atoms with van der Waals surface area (Å²) in [4.78, 5) is 23.7. The quantitative estimate of drug-likeness (QED) is 0.746. The van der Waals surface area contributed by atoms with Crippen molar-refractivity contribution >= 4 is 17.5 Å². The Morgan fingerprint density at radius 2 is 2.08 bits per heavy atom. The number of amides is 2. The van der Waals surface area contributed by atoms with Gasteiger partial charge in [-0.25, -0.2) is 0 Å². The lowest BCUT2D eigenvalue weighted by Gasteiger charge is -2.24. The molecule has 24 heavy (non-hydrogen) atoms. The SMILES string of the molecule is O=C(CCC1Cc2ccccc2NC1=O)NCCOCC(F)(F)F. The first kappa shape index (κ1) is 18.3. The van der Waals surface area contributed by atoms with Crippen LogP contribution in [0, 0.1) is 5.92 Å². The minimum absolute atomic E-state index is 0.00854. The fourth-order valence-electron chi connectivity index (χ4n) is 2.49. The van der Waals surface area contributed by atoms with E-state index < -0.39 is 12.8 Å². The summed E-state index contributed by atoms with van der Waals surface area (Å²) >= 11 is 0. The second kappa shape index (κ2) is 8.14. The topological polar surface area (TPSA) is 67.4 Å². The molecule has 0 radical (unpaired) electrons. The molecular weight excluding hydrogens is 325 g/mol. The first-order chi connectivity index (χ1) is 11.3. The Morgan fingerprint density at radius 1 is 1.33 bits per heavy atom. The zero-order valence-electron chi connectivity index (χ0n) is 13.0. The first-order valence-corrected chi connectivity index (χ1v) is 7.65. The number of carbonyl (C=O) groups excluding carboxylic acids is 2. The van der Waals surface area contributed by atoms with Gasteiger partial charge < -0.3 is 15.4 Å². The maximum absolute atomic E-state index is 12.0. The molecule has 0 fully saturated rings. The number of anilines is 1. The Morgan fingerprint density at radius 3 is 2.83 bits per heavy atom. The van der Waals surface area contributed by atoms with Crippen molar-refractivity contribution in [3.8, 4) is 0 Å². The lowest BCUT2D eigenvalue weighted by Crippen LogP contribution is -2.32. The average Bonchev–Trinajstić information content (AvgIpc) is 2.51. The monoisotopic (exact) mass is 344 g/mol.